The van der Waals surface area contributed by atoms with Crippen LogP contribution in [-0.4, -0.2) is 42.6 Å². The predicted octanol–water partition coefficient (Wildman–Crippen LogP) is 3.56. The number of amides is 1. The monoisotopic (exact) mass is 385 g/mol. The number of benzene rings is 1. The number of carbonyl (C=O) groups is 2. The minimum absolute atomic E-state index is 0.170. The fourth-order valence-electron chi connectivity index (χ4n) is 3.91. The van der Waals surface area contributed by atoms with Crippen LogP contribution in [0.2, 0.25) is 10.0 Å². The molecule has 5 nitrogen and oxygen atoms in total. The van der Waals surface area contributed by atoms with E-state index in [1.54, 1.807) is 30.0 Å². The van der Waals surface area contributed by atoms with Crippen molar-refractivity contribution in [3.05, 3.63) is 28.2 Å². The van der Waals surface area contributed by atoms with Crippen LogP contribution in [0.1, 0.15) is 26.2 Å². The number of carbonyl (C=O) groups excluding carboxylic acids is 2. The summed E-state index contributed by atoms with van der Waals surface area (Å²) in [6, 6.07) is 4.34. The van der Waals surface area contributed by atoms with Gasteiger partial charge in [-0.1, -0.05) is 29.6 Å². The molecule has 0 aromatic heterocycles. The average molecular weight is 386 g/mol. The van der Waals surface area contributed by atoms with E-state index in [1.165, 1.54) is 0 Å². The second kappa shape index (κ2) is 7.83. The Morgan fingerprint density at radius 2 is 2.08 bits per heavy atom. The van der Waals surface area contributed by atoms with Crippen molar-refractivity contribution in [2.75, 3.05) is 19.8 Å². The lowest BCUT2D eigenvalue weighted by atomic mass is 9.94. The SMILES string of the molecule is CCOC(=O)[C@@H]1C2CCC[C@H]2CN1C(=O)COc1ccc(Cl)cc1Cl. The Labute approximate surface area is 157 Å². The molecule has 3 rings (SSSR count). The van der Waals surface area contributed by atoms with Crippen molar-refractivity contribution in [3.63, 3.8) is 0 Å². The fourth-order valence-corrected chi connectivity index (χ4v) is 4.37. The summed E-state index contributed by atoms with van der Waals surface area (Å²) in [5.41, 5.74) is 0. The van der Waals surface area contributed by atoms with E-state index >= 15 is 0 Å². The summed E-state index contributed by atoms with van der Waals surface area (Å²) in [7, 11) is 0. The largest absolute Gasteiger partial charge is 0.482 e. The van der Waals surface area contributed by atoms with E-state index in [0.29, 0.717) is 34.9 Å². The van der Waals surface area contributed by atoms with E-state index in [0.717, 1.165) is 19.3 Å². The molecule has 1 aromatic carbocycles. The molecular weight excluding hydrogens is 365 g/mol. The maximum Gasteiger partial charge on any atom is 0.329 e. The molecule has 1 aliphatic heterocycles. The van der Waals surface area contributed by atoms with Gasteiger partial charge in [-0.25, -0.2) is 4.79 Å². The Hall–Kier alpha value is -1.46. The molecule has 1 saturated carbocycles. The Morgan fingerprint density at radius 3 is 2.80 bits per heavy atom. The molecule has 1 amide bonds. The normalized spacial score (nSPS) is 24.9. The van der Waals surface area contributed by atoms with E-state index < -0.39 is 6.04 Å². The van der Waals surface area contributed by atoms with Crippen molar-refractivity contribution in [2.24, 2.45) is 11.8 Å². The molecule has 2 aliphatic rings. The lowest BCUT2D eigenvalue weighted by Crippen LogP contribution is -2.46. The molecule has 7 heteroatoms. The minimum atomic E-state index is -0.496. The van der Waals surface area contributed by atoms with Crippen molar-refractivity contribution >= 4 is 35.1 Å². The molecule has 0 N–H and O–H groups in total. The van der Waals surface area contributed by atoms with Crippen LogP contribution in [0.25, 0.3) is 0 Å². The second-order valence-electron chi connectivity index (χ2n) is 6.46. The van der Waals surface area contributed by atoms with Gasteiger partial charge in [-0.05, 0) is 49.8 Å². The van der Waals surface area contributed by atoms with Crippen molar-refractivity contribution in [1.29, 1.82) is 0 Å². The first kappa shape index (κ1) is 18.3. The second-order valence-corrected chi connectivity index (χ2v) is 7.30. The zero-order chi connectivity index (χ0) is 18.0. The Bertz CT molecular complexity index is 666. The van der Waals surface area contributed by atoms with Crippen LogP contribution in [0.5, 0.6) is 5.75 Å². The molecule has 25 heavy (non-hydrogen) atoms. The van der Waals surface area contributed by atoms with Gasteiger partial charge in [0.2, 0.25) is 0 Å². The van der Waals surface area contributed by atoms with Gasteiger partial charge >= 0.3 is 5.97 Å². The average Bonchev–Trinajstić information content (AvgIpc) is 3.14. The van der Waals surface area contributed by atoms with Gasteiger partial charge in [-0.3, -0.25) is 4.79 Å². The molecule has 136 valence electrons. The highest BCUT2D eigenvalue weighted by molar-refractivity contribution is 6.35. The summed E-state index contributed by atoms with van der Waals surface area (Å²) in [5.74, 6) is 0.430. The van der Waals surface area contributed by atoms with Crippen LogP contribution in [0.4, 0.5) is 0 Å². The zero-order valence-corrected chi connectivity index (χ0v) is 15.6. The zero-order valence-electron chi connectivity index (χ0n) is 14.0. The van der Waals surface area contributed by atoms with Crippen LogP contribution in [0.3, 0.4) is 0 Å². The van der Waals surface area contributed by atoms with Gasteiger partial charge in [0.15, 0.2) is 6.61 Å². The Balaban J connectivity index is 1.68. The summed E-state index contributed by atoms with van der Waals surface area (Å²) >= 11 is 11.9. The van der Waals surface area contributed by atoms with E-state index in [-0.39, 0.29) is 24.4 Å². The van der Waals surface area contributed by atoms with Crippen LogP contribution >= 0.6 is 23.2 Å². The maximum absolute atomic E-state index is 12.7. The van der Waals surface area contributed by atoms with Crippen LogP contribution < -0.4 is 4.74 Å². The van der Waals surface area contributed by atoms with Gasteiger partial charge in [0.25, 0.3) is 5.91 Å². The summed E-state index contributed by atoms with van der Waals surface area (Å²) in [5, 5.41) is 0.846. The lowest BCUT2D eigenvalue weighted by Gasteiger charge is -2.26. The third-order valence-corrected chi connectivity index (χ3v) is 5.51. The predicted molar refractivity (Wildman–Crippen MR) is 94.9 cm³/mol. The molecular formula is C18H21Cl2NO4. The summed E-state index contributed by atoms with van der Waals surface area (Å²) in [6.07, 6.45) is 3.11. The van der Waals surface area contributed by atoms with E-state index in [4.69, 9.17) is 32.7 Å². The number of nitrogens with zero attached hydrogens (tertiary/aromatic N) is 1. The summed E-state index contributed by atoms with van der Waals surface area (Å²) in [6.45, 7) is 2.50. The van der Waals surface area contributed by atoms with Crippen LogP contribution in [0, 0.1) is 11.8 Å². The summed E-state index contributed by atoms with van der Waals surface area (Å²) in [4.78, 5) is 26.7. The van der Waals surface area contributed by atoms with E-state index in [9.17, 15) is 9.59 Å². The highest BCUT2D eigenvalue weighted by Crippen LogP contribution is 2.42. The van der Waals surface area contributed by atoms with Gasteiger partial charge in [0.05, 0.1) is 11.6 Å². The first-order chi connectivity index (χ1) is 12.0. The van der Waals surface area contributed by atoms with E-state index in [1.807, 2.05) is 0 Å². The number of esters is 1. The quantitative estimate of drug-likeness (QED) is 0.727. The number of halogens is 2. The Morgan fingerprint density at radius 1 is 1.28 bits per heavy atom. The highest BCUT2D eigenvalue weighted by atomic mass is 35.5. The molecule has 0 bridgehead atoms. The molecule has 1 heterocycles. The number of rotatable bonds is 5. The molecule has 1 aromatic rings. The number of fused-ring (bicyclic) bond motifs is 1. The fraction of sp³-hybridized carbons (Fsp3) is 0.556. The molecule has 3 atom stereocenters. The molecule has 0 spiro atoms. The number of hydrogen-bond donors (Lipinski definition) is 0. The first-order valence-electron chi connectivity index (χ1n) is 8.55. The van der Waals surface area contributed by atoms with Gasteiger partial charge in [-0.2, -0.15) is 0 Å². The first-order valence-corrected chi connectivity index (χ1v) is 9.30. The smallest absolute Gasteiger partial charge is 0.329 e. The third kappa shape index (κ3) is 3.87. The minimum Gasteiger partial charge on any atom is -0.482 e. The summed E-state index contributed by atoms with van der Waals surface area (Å²) < 4.78 is 10.7. The van der Waals surface area contributed by atoms with Crippen molar-refractivity contribution < 1.29 is 19.1 Å². The Kier molecular flexibility index (Phi) is 5.74. The van der Waals surface area contributed by atoms with Crippen LogP contribution in [0.15, 0.2) is 18.2 Å². The third-order valence-electron chi connectivity index (χ3n) is 4.98. The van der Waals surface area contributed by atoms with Gasteiger partial charge in [0.1, 0.15) is 11.8 Å². The highest BCUT2D eigenvalue weighted by Gasteiger charge is 2.50. The molecule has 0 radical (unpaired) electrons. The molecule has 1 aliphatic carbocycles. The standard InChI is InChI=1S/C18H21Cl2NO4/c1-2-24-18(23)17-13-5-3-4-11(13)9-21(17)16(22)10-25-15-7-6-12(19)8-14(15)20/h6-8,11,13,17H,2-5,9-10H2,1H3/t11-,13?,17-/m0/s1. The van der Waals surface area contributed by atoms with Crippen LogP contribution in [-0.2, 0) is 14.3 Å². The number of hydrogen-bond acceptors (Lipinski definition) is 4. The van der Waals surface area contributed by atoms with Crippen molar-refractivity contribution in [2.45, 2.75) is 32.2 Å². The lowest BCUT2D eigenvalue weighted by molar-refractivity contribution is -0.155. The van der Waals surface area contributed by atoms with Crippen molar-refractivity contribution in [3.8, 4) is 5.75 Å². The molecule has 1 unspecified atom stereocenters. The number of ether oxygens (including phenoxy) is 2. The maximum atomic E-state index is 12.7. The van der Waals surface area contributed by atoms with Gasteiger partial charge < -0.3 is 14.4 Å². The van der Waals surface area contributed by atoms with Gasteiger partial charge in [0, 0.05) is 11.6 Å². The topological polar surface area (TPSA) is 55.8 Å². The number of likely N-dealkylation sites (tertiary alicyclic amines) is 1. The van der Waals surface area contributed by atoms with E-state index in [2.05, 4.69) is 0 Å². The molecule has 1 saturated heterocycles. The molecule has 2 fully saturated rings. The van der Waals surface area contributed by atoms with Crippen molar-refractivity contribution in [1.82, 2.24) is 4.90 Å². The van der Waals surface area contributed by atoms with Gasteiger partial charge in [-0.15, -0.1) is 0 Å².